The average Bonchev–Trinajstić information content (AvgIpc) is 2.57. The maximum Gasteiger partial charge on any atom is 0.206 e. The van der Waals surface area contributed by atoms with E-state index in [9.17, 15) is 12.8 Å². The van der Waals surface area contributed by atoms with E-state index in [1.807, 2.05) is 6.92 Å². The van der Waals surface area contributed by atoms with Gasteiger partial charge in [0.05, 0.1) is 9.79 Å². The van der Waals surface area contributed by atoms with Crippen LogP contribution >= 0.6 is 0 Å². The van der Waals surface area contributed by atoms with Gasteiger partial charge in [-0.2, -0.15) is 0 Å². The van der Waals surface area contributed by atoms with E-state index in [1.165, 1.54) is 24.3 Å². The zero-order valence-corrected chi connectivity index (χ0v) is 13.7. The van der Waals surface area contributed by atoms with E-state index >= 15 is 0 Å². The number of aryl methyl sites for hydroxylation is 1. The van der Waals surface area contributed by atoms with Gasteiger partial charge >= 0.3 is 0 Å². The van der Waals surface area contributed by atoms with Gasteiger partial charge in [-0.25, -0.2) is 12.8 Å². The Kier molecular flexibility index (Phi) is 4.36. The van der Waals surface area contributed by atoms with Crippen LogP contribution in [0.1, 0.15) is 5.56 Å². The number of ether oxygens (including phenoxy) is 1. The van der Waals surface area contributed by atoms with Gasteiger partial charge in [-0.15, -0.1) is 0 Å². The van der Waals surface area contributed by atoms with Crippen molar-refractivity contribution in [3.05, 3.63) is 84.2 Å². The van der Waals surface area contributed by atoms with Gasteiger partial charge in [0.1, 0.15) is 5.75 Å². The summed E-state index contributed by atoms with van der Waals surface area (Å²) < 4.78 is 44.7. The monoisotopic (exact) mass is 341 g/mol. The summed E-state index contributed by atoms with van der Waals surface area (Å²) in [6.07, 6.45) is 0. The van der Waals surface area contributed by atoms with Gasteiger partial charge in [-0.1, -0.05) is 24.3 Å². The predicted molar refractivity (Wildman–Crippen MR) is 88.4 cm³/mol. The molecule has 0 aliphatic rings. The molecule has 0 bridgehead atoms. The summed E-state index contributed by atoms with van der Waals surface area (Å²) in [6.45, 7) is 1.87. The SMILES string of the molecule is Cc1c[c]cc(Oc2ccc(S(=O)(=O)c3ccccc3)cc2F)c1. The summed E-state index contributed by atoms with van der Waals surface area (Å²) in [4.78, 5) is 0.000655. The van der Waals surface area contributed by atoms with Gasteiger partial charge < -0.3 is 4.74 Å². The molecule has 0 spiro atoms. The Morgan fingerprint density at radius 2 is 1.71 bits per heavy atom. The molecule has 0 aliphatic carbocycles. The van der Waals surface area contributed by atoms with Gasteiger partial charge in [0.15, 0.2) is 11.6 Å². The molecule has 0 amide bonds. The molecule has 0 saturated heterocycles. The minimum atomic E-state index is -3.76. The van der Waals surface area contributed by atoms with E-state index in [2.05, 4.69) is 6.07 Å². The Morgan fingerprint density at radius 1 is 0.958 bits per heavy atom. The van der Waals surface area contributed by atoms with Gasteiger partial charge in [-0.05, 0) is 61.0 Å². The third-order valence-corrected chi connectivity index (χ3v) is 5.17. The molecule has 3 rings (SSSR count). The van der Waals surface area contributed by atoms with Crippen LogP contribution in [0.15, 0.2) is 76.5 Å². The first-order chi connectivity index (χ1) is 11.5. The molecule has 0 saturated carbocycles. The topological polar surface area (TPSA) is 43.4 Å². The number of benzene rings is 3. The first-order valence-corrected chi connectivity index (χ1v) is 8.70. The Hall–Kier alpha value is -2.66. The molecule has 1 radical (unpaired) electrons. The predicted octanol–water partition coefficient (Wildman–Crippen LogP) is 4.56. The van der Waals surface area contributed by atoms with Crippen molar-refractivity contribution in [2.75, 3.05) is 0 Å². The molecular weight excluding hydrogens is 327 g/mol. The second kappa shape index (κ2) is 6.45. The lowest BCUT2D eigenvalue weighted by Gasteiger charge is -2.09. The molecule has 0 N–H and O–H groups in total. The summed E-state index contributed by atoms with van der Waals surface area (Å²) in [6, 6.07) is 19.5. The Labute approximate surface area is 140 Å². The quantitative estimate of drug-likeness (QED) is 0.699. The Bertz CT molecular complexity index is 967. The van der Waals surface area contributed by atoms with Crippen LogP contribution in [-0.2, 0) is 9.84 Å². The highest BCUT2D eigenvalue weighted by Crippen LogP contribution is 2.29. The van der Waals surface area contributed by atoms with Gasteiger partial charge in [-0.3, -0.25) is 0 Å². The maximum atomic E-state index is 14.3. The van der Waals surface area contributed by atoms with Gasteiger partial charge in [0.2, 0.25) is 9.84 Å². The first-order valence-electron chi connectivity index (χ1n) is 7.22. The molecule has 0 aliphatic heterocycles. The van der Waals surface area contributed by atoms with Crippen molar-refractivity contribution in [2.45, 2.75) is 16.7 Å². The second-order valence-electron chi connectivity index (χ2n) is 5.26. The fourth-order valence-electron chi connectivity index (χ4n) is 2.22. The molecule has 3 aromatic carbocycles. The Morgan fingerprint density at radius 3 is 2.38 bits per heavy atom. The van der Waals surface area contributed by atoms with Gasteiger partial charge in [0.25, 0.3) is 0 Å². The number of halogens is 1. The lowest BCUT2D eigenvalue weighted by atomic mass is 10.2. The summed E-state index contributed by atoms with van der Waals surface area (Å²) in [7, 11) is -3.76. The van der Waals surface area contributed by atoms with Gasteiger partial charge in [0, 0.05) is 0 Å². The molecule has 0 unspecified atom stereocenters. The summed E-state index contributed by atoms with van der Waals surface area (Å²) in [5, 5.41) is 0. The van der Waals surface area contributed by atoms with Crippen molar-refractivity contribution in [3.63, 3.8) is 0 Å². The summed E-state index contributed by atoms with van der Waals surface area (Å²) in [5.74, 6) is -0.345. The minimum Gasteiger partial charge on any atom is -0.454 e. The summed E-state index contributed by atoms with van der Waals surface area (Å²) in [5.41, 5.74) is 0.927. The van der Waals surface area contributed by atoms with Crippen molar-refractivity contribution in [3.8, 4) is 11.5 Å². The van der Waals surface area contributed by atoms with Crippen LogP contribution in [0.2, 0.25) is 0 Å². The third-order valence-electron chi connectivity index (χ3n) is 3.40. The number of sulfone groups is 1. The van der Waals surface area contributed by atoms with E-state index < -0.39 is 15.7 Å². The van der Waals surface area contributed by atoms with Crippen LogP contribution < -0.4 is 4.74 Å². The van der Waals surface area contributed by atoms with Crippen LogP contribution in [-0.4, -0.2) is 8.42 Å². The van der Waals surface area contributed by atoms with Crippen molar-refractivity contribution in [1.82, 2.24) is 0 Å². The van der Waals surface area contributed by atoms with E-state index in [-0.39, 0.29) is 15.5 Å². The van der Waals surface area contributed by atoms with Crippen molar-refractivity contribution in [2.24, 2.45) is 0 Å². The molecule has 24 heavy (non-hydrogen) atoms. The Balaban J connectivity index is 1.93. The van der Waals surface area contributed by atoms with E-state index in [1.54, 1.807) is 36.4 Å². The lowest BCUT2D eigenvalue weighted by Crippen LogP contribution is -2.02. The zero-order chi connectivity index (χ0) is 17.2. The number of rotatable bonds is 4. The maximum absolute atomic E-state index is 14.3. The van der Waals surface area contributed by atoms with Crippen molar-refractivity contribution in [1.29, 1.82) is 0 Å². The molecule has 3 nitrogen and oxygen atoms in total. The van der Waals surface area contributed by atoms with Crippen molar-refractivity contribution >= 4 is 9.84 Å². The molecule has 0 atom stereocenters. The number of hydrogen-bond donors (Lipinski definition) is 0. The molecule has 0 heterocycles. The second-order valence-corrected chi connectivity index (χ2v) is 7.21. The van der Waals surface area contributed by atoms with E-state index in [4.69, 9.17) is 4.74 Å². The third kappa shape index (κ3) is 3.31. The average molecular weight is 341 g/mol. The normalized spacial score (nSPS) is 11.2. The highest BCUT2D eigenvalue weighted by molar-refractivity contribution is 7.91. The zero-order valence-electron chi connectivity index (χ0n) is 12.9. The molecule has 5 heteroatoms. The smallest absolute Gasteiger partial charge is 0.206 e. The fraction of sp³-hybridized carbons (Fsp3) is 0.0526. The molecule has 0 aromatic heterocycles. The number of hydrogen-bond acceptors (Lipinski definition) is 3. The van der Waals surface area contributed by atoms with Crippen LogP contribution in [0.5, 0.6) is 11.5 Å². The van der Waals surface area contributed by atoms with Crippen LogP contribution in [0, 0.1) is 18.8 Å². The van der Waals surface area contributed by atoms with Crippen LogP contribution in [0.25, 0.3) is 0 Å². The molecule has 3 aromatic rings. The van der Waals surface area contributed by atoms with Crippen LogP contribution in [0.4, 0.5) is 4.39 Å². The molecule has 121 valence electrons. The minimum absolute atomic E-state index is 0.0407. The molecule has 0 fully saturated rings. The largest absolute Gasteiger partial charge is 0.454 e. The molecular formula is C19H14FO3S. The van der Waals surface area contributed by atoms with Crippen LogP contribution in [0.3, 0.4) is 0 Å². The van der Waals surface area contributed by atoms with Crippen molar-refractivity contribution < 1.29 is 17.5 Å². The lowest BCUT2D eigenvalue weighted by molar-refractivity contribution is 0.440. The van der Waals surface area contributed by atoms with E-state index in [0.717, 1.165) is 11.6 Å². The first kappa shape index (κ1) is 16.2. The van der Waals surface area contributed by atoms with E-state index in [0.29, 0.717) is 5.75 Å². The standard InChI is InChI=1S/C19H14FO3S/c1-14-6-5-7-15(12-14)23-19-11-10-17(13-18(19)20)24(21,22)16-8-3-2-4-9-16/h2-4,6-13H,1H3. The highest BCUT2D eigenvalue weighted by Gasteiger charge is 2.19. The summed E-state index contributed by atoms with van der Waals surface area (Å²) >= 11 is 0. The fourth-order valence-corrected chi connectivity index (χ4v) is 3.51. The highest BCUT2D eigenvalue weighted by atomic mass is 32.2.